The number of nitrogens with zero attached hydrogens (tertiary/aromatic N) is 1. The van der Waals surface area contributed by atoms with E-state index in [0.717, 1.165) is 18.7 Å². The molecule has 1 aromatic rings. The van der Waals surface area contributed by atoms with Gasteiger partial charge in [0.1, 0.15) is 0 Å². The number of hydrogen-bond donors (Lipinski definition) is 1. The predicted molar refractivity (Wildman–Crippen MR) is 64.8 cm³/mol. The van der Waals surface area contributed by atoms with Crippen LogP contribution in [0.5, 0.6) is 0 Å². The number of hydrogen-bond acceptors (Lipinski definition) is 2. The SMILES string of the molecule is CC1CC(=Nc2ccccc2)C(C)CN1. The van der Waals surface area contributed by atoms with Crippen molar-refractivity contribution in [2.45, 2.75) is 26.3 Å². The van der Waals surface area contributed by atoms with Gasteiger partial charge in [0.25, 0.3) is 0 Å². The van der Waals surface area contributed by atoms with Crippen LogP contribution in [0.3, 0.4) is 0 Å². The monoisotopic (exact) mass is 202 g/mol. The fourth-order valence-corrected chi connectivity index (χ4v) is 1.91. The molecule has 1 fully saturated rings. The summed E-state index contributed by atoms with van der Waals surface area (Å²) in [4.78, 5) is 4.73. The van der Waals surface area contributed by atoms with Crippen molar-refractivity contribution in [1.82, 2.24) is 5.32 Å². The Hall–Kier alpha value is -1.15. The van der Waals surface area contributed by atoms with Crippen LogP contribution in [0.2, 0.25) is 0 Å². The Kier molecular flexibility index (Phi) is 3.17. The second-order valence-electron chi connectivity index (χ2n) is 4.35. The van der Waals surface area contributed by atoms with E-state index in [0.29, 0.717) is 12.0 Å². The first-order valence-corrected chi connectivity index (χ1v) is 5.61. The van der Waals surface area contributed by atoms with Gasteiger partial charge < -0.3 is 5.32 Å². The fraction of sp³-hybridized carbons (Fsp3) is 0.462. The van der Waals surface area contributed by atoms with E-state index in [1.54, 1.807) is 0 Å². The second-order valence-corrected chi connectivity index (χ2v) is 4.35. The molecule has 1 heterocycles. The molecule has 2 heteroatoms. The highest BCUT2D eigenvalue weighted by atomic mass is 14.9. The maximum Gasteiger partial charge on any atom is 0.0629 e. The molecule has 15 heavy (non-hydrogen) atoms. The average Bonchev–Trinajstić information content (AvgIpc) is 2.25. The van der Waals surface area contributed by atoms with E-state index in [9.17, 15) is 0 Å². The molecule has 0 radical (unpaired) electrons. The Morgan fingerprint density at radius 1 is 1.20 bits per heavy atom. The number of piperidine rings is 1. The zero-order valence-electron chi connectivity index (χ0n) is 9.40. The average molecular weight is 202 g/mol. The first-order chi connectivity index (χ1) is 7.25. The number of rotatable bonds is 1. The molecule has 1 saturated heterocycles. The number of benzene rings is 1. The van der Waals surface area contributed by atoms with Gasteiger partial charge in [-0.05, 0) is 19.1 Å². The zero-order valence-corrected chi connectivity index (χ0v) is 9.40. The molecule has 1 N–H and O–H groups in total. The van der Waals surface area contributed by atoms with Gasteiger partial charge >= 0.3 is 0 Å². The smallest absolute Gasteiger partial charge is 0.0629 e. The van der Waals surface area contributed by atoms with Gasteiger partial charge in [0, 0.05) is 30.6 Å². The van der Waals surface area contributed by atoms with Gasteiger partial charge in [0.15, 0.2) is 0 Å². The molecule has 0 aromatic heterocycles. The van der Waals surface area contributed by atoms with E-state index in [4.69, 9.17) is 4.99 Å². The van der Waals surface area contributed by atoms with Crippen LogP contribution in [0.1, 0.15) is 20.3 Å². The Morgan fingerprint density at radius 3 is 2.67 bits per heavy atom. The van der Waals surface area contributed by atoms with E-state index in [2.05, 4.69) is 31.3 Å². The first kappa shape index (κ1) is 10.4. The molecular formula is C13H18N2. The molecule has 0 spiro atoms. The van der Waals surface area contributed by atoms with E-state index < -0.39 is 0 Å². The summed E-state index contributed by atoms with van der Waals surface area (Å²) < 4.78 is 0. The minimum absolute atomic E-state index is 0.557. The Morgan fingerprint density at radius 2 is 1.93 bits per heavy atom. The molecule has 0 bridgehead atoms. The van der Waals surface area contributed by atoms with Crippen LogP contribution in [0.4, 0.5) is 5.69 Å². The van der Waals surface area contributed by atoms with Crippen LogP contribution >= 0.6 is 0 Å². The Bertz CT molecular complexity index is 343. The summed E-state index contributed by atoms with van der Waals surface area (Å²) >= 11 is 0. The summed E-state index contributed by atoms with van der Waals surface area (Å²) in [6.07, 6.45) is 1.07. The predicted octanol–water partition coefficient (Wildman–Crippen LogP) is 2.78. The summed E-state index contributed by atoms with van der Waals surface area (Å²) in [7, 11) is 0. The van der Waals surface area contributed by atoms with Crippen LogP contribution in [0, 0.1) is 5.92 Å². The van der Waals surface area contributed by atoms with Crippen molar-refractivity contribution in [3.05, 3.63) is 30.3 Å². The molecule has 1 aliphatic rings. The van der Waals surface area contributed by atoms with Gasteiger partial charge in [-0.2, -0.15) is 0 Å². The highest BCUT2D eigenvalue weighted by Crippen LogP contribution is 2.17. The third kappa shape index (κ3) is 2.66. The van der Waals surface area contributed by atoms with E-state index >= 15 is 0 Å². The first-order valence-electron chi connectivity index (χ1n) is 5.61. The zero-order chi connectivity index (χ0) is 10.7. The lowest BCUT2D eigenvalue weighted by Gasteiger charge is -2.27. The maximum atomic E-state index is 4.73. The summed E-state index contributed by atoms with van der Waals surface area (Å²) in [5.41, 5.74) is 2.40. The molecule has 0 amide bonds. The third-order valence-corrected chi connectivity index (χ3v) is 2.89. The lowest BCUT2D eigenvalue weighted by Crippen LogP contribution is -2.41. The van der Waals surface area contributed by atoms with Crippen molar-refractivity contribution in [2.75, 3.05) is 6.54 Å². The van der Waals surface area contributed by atoms with Crippen LogP contribution < -0.4 is 5.32 Å². The van der Waals surface area contributed by atoms with Gasteiger partial charge in [0.05, 0.1) is 5.69 Å². The molecule has 0 saturated carbocycles. The topological polar surface area (TPSA) is 24.4 Å². The third-order valence-electron chi connectivity index (χ3n) is 2.89. The minimum atomic E-state index is 0.557. The van der Waals surface area contributed by atoms with Crippen LogP contribution in [-0.4, -0.2) is 18.3 Å². The summed E-state index contributed by atoms with van der Waals surface area (Å²) in [6, 6.07) is 10.8. The van der Waals surface area contributed by atoms with Crippen molar-refractivity contribution in [1.29, 1.82) is 0 Å². The molecule has 2 rings (SSSR count). The van der Waals surface area contributed by atoms with Gasteiger partial charge in [-0.3, -0.25) is 4.99 Å². The van der Waals surface area contributed by atoms with E-state index in [1.165, 1.54) is 5.71 Å². The second kappa shape index (κ2) is 4.58. The van der Waals surface area contributed by atoms with E-state index in [1.807, 2.05) is 18.2 Å². The number of aliphatic imine (C=N–C) groups is 1. The summed E-state index contributed by atoms with van der Waals surface area (Å²) in [5, 5.41) is 3.47. The van der Waals surface area contributed by atoms with E-state index in [-0.39, 0.29) is 0 Å². The molecule has 2 nitrogen and oxygen atoms in total. The quantitative estimate of drug-likeness (QED) is 0.744. The van der Waals surface area contributed by atoms with Crippen LogP contribution in [0.15, 0.2) is 35.3 Å². The van der Waals surface area contributed by atoms with Crippen molar-refractivity contribution >= 4 is 11.4 Å². The van der Waals surface area contributed by atoms with Crippen LogP contribution in [0.25, 0.3) is 0 Å². The largest absolute Gasteiger partial charge is 0.313 e. The summed E-state index contributed by atoms with van der Waals surface area (Å²) in [6.45, 7) is 5.50. The van der Waals surface area contributed by atoms with Crippen molar-refractivity contribution in [3.63, 3.8) is 0 Å². The van der Waals surface area contributed by atoms with Gasteiger partial charge in [-0.15, -0.1) is 0 Å². The van der Waals surface area contributed by atoms with Crippen molar-refractivity contribution in [2.24, 2.45) is 10.9 Å². The molecular weight excluding hydrogens is 184 g/mol. The molecule has 80 valence electrons. The highest BCUT2D eigenvalue weighted by molar-refractivity contribution is 5.90. The van der Waals surface area contributed by atoms with Gasteiger partial charge in [-0.25, -0.2) is 0 Å². The molecule has 2 unspecified atom stereocenters. The van der Waals surface area contributed by atoms with Crippen molar-refractivity contribution in [3.8, 4) is 0 Å². The number of nitrogens with one attached hydrogen (secondary N) is 1. The van der Waals surface area contributed by atoms with Gasteiger partial charge in [0.2, 0.25) is 0 Å². The number of para-hydroxylation sites is 1. The lowest BCUT2D eigenvalue weighted by molar-refractivity contribution is 0.482. The standard InChI is InChI=1S/C13H18N2/c1-10-9-14-11(2)8-13(10)15-12-6-4-3-5-7-12/h3-7,10-11,14H,8-9H2,1-2H3. The minimum Gasteiger partial charge on any atom is -0.313 e. The summed E-state index contributed by atoms with van der Waals surface area (Å²) in [5.74, 6) is 0.557. The fourth-order valence-electron chi connectivity index (χ4n) is 1.91. The Balaban J connectivity index is 2.18. The van der Waals surface area contributed by atoms with Crippen molar-refractivity contribution < 1.29 is 0 Å². The van der Waals surface area contributed by atoms with Gasteiger partial charge in [-0.1, -0.05) is 25.1 Å². The Labute approximate surface area is 91.4 Å². The van der Waals surface area contributed by atoms with Crippen LogP contribution in [-0.2, 0) is 0 Å². The lowest BCUT2D eigenvalue weighted by atomic mass is 9.94. The highest BCUT2D eigenvalue weighted by Gasteiger charge is 2.19. The molecule has 0 aliphatic carbocycles. The normalized spacial score (nSPS) is 29.3. The molecule has 2 atom stereocenters. The molecule has 1 aromatic carbocycles. The molecule has 1 aliphatic heterocycles. The maximum absolute atomic E-state index is 4.73.